The van der Waals surface area contributed by atoms with Crippen molar-refractivity contribution < 1.29 is 81.3 Å². The predicted molar refractivity (Wildman–Crippen MR) is 325 cm³/mol. The van der Waals surface area contributed by atoms with Crippen molar-refractivity contribution in [2.45, 2.75) is 265 Å². The van der Waals surface area contributed by atoms with Crippen molar-refractivity contribution in [3.05, 3.63) is 36.5 Å². The average Bonchev–Trinajstić information content (AvgIpc) is 1.55. The molecule has 12 bridgehead atoms. The van der Waals surface area contributed by atoms with Crippen molar-refractivity contribution in [1.82, 2.24) is 30.7 Å². The standard InChI is InChI=1S/C66H99N7O17/c1-36(2)56(72-26-24-71(25-27-72)53(76)13-9-7-8-10-23-73-54(77)18-19-55(73)78)64(80)70-46(12-11-22-68-65(67)81)63(79)69-35-41(75)32-51-57(82-6)45-31-40(74)30-43-15-17-48-58(85-43)62-61-60(87-48)59-52(88-61)34-66(89-59,90-62)21-20-44-29-38(4)47(83-44)16-14-42-28-37(3)39(5)49(84-42)33-50(45)86-51/h18-19,36-37,41-52,56-62,75H,4-5,7-17,20-35H2,1-3,6H3,(H,69,79)(H,70,80)(H3,67,68,81)/t37-,41+,42+,43-,44+,45+,46+,47+,48+,49-,50+,51-,52-,56+,57-,58+,59+,60?,61?,62+,66+/m1/s1. The zero-order valence-electron chi connectivity index (χ0n) is 53.2. The van der Waals surface area contributed by atoms with Gasteiger partial charge >= 0.3 is 6.03 Å². The Kier molecular flexibility index (Phi) is 21.7. The number of nitrogens with one attached hydrogen (secondary N) is 3. The first-order chi connectivity index (χ1) is 43.2. The summed E-state index contributed by atoms with van der Waals surface area (Å²) in [6.45, 7) is 17.2. The molecular weight excluding hydrogens is 1160 g/mol. The molecule has 6 N–H and O–H groups in total. The highest BCUT2D eigenvalue weighted by Gasteiger charge is 2.69. The summed E-state index contributed by atoms with van der Waals surface area (Å²) in [5.41, 5.74) is 7.40. The van der Waals surface area contributed by atoms with E-state index in [-0.39, 0.29) is 141 Å². The molecule has 0 aromatic rings. The van der Waals surface area contributed by atoms with Crippen molar-refractivity contribution in [3.8, 4) is 0 Å². The second-order valence-corrected chi connectivity index (χ2v) is 27.9. The molecule has 12 aliphatic heterocycles. The third kappa shape index (κ3) is 15.2. The Labute approximate surface area is 529 Å². The fourth-order valence-electron chi connectivity index (χ4n) is 16.5. The van der Waals surface area contributed by atoms with Crippen LogP contribution in [0.2, 0.25) is 0 Å². The van der Waals surface area contributed by atoms with Crippen LogP contribution < -0.4 is 21.7 Å². The number of hydrogen-bond donors (Lipinski definition) is 5. The second-order valence-electron chi connectivity index (χ2n) is 27.9. The fraction of sp³-hybridized carbons (Fsp3) is 0.803. The predicted octanol–water partition coefficient (Wildman–Crippen LogP) is 3.57. The molecule has 21 atom stereocenters. The molecule has 12 heterocycles. The summed E-state index contributed by atoms with van der Waals surface area (Å²) in [6, 6.07) is -2.38. The summed E-state index contributed by atoms with van der Waals surface area (Å²) >= 11 is 0. The average molecular weight is 1260 g/mol. The molecule has 7 amide bonds. The van der Waals surface area contributed by atoms with E-state index < -0.39 is 72.4 Å². The number of fused-ring (bicyclic) bond motifs is 6. The van der Waals surface area contributed by atoms with E-state index in [4.69, 9.17) is 48.4 Å². The Morgan fingerprint density at radius 3 is 2.21 bits per heavy atom. The number of ketones is 1. The summed E-state index contributed by atoms with van der Waals surface area (Å²) in [5, 5.41) is 20.3. The Morgan fingerprint density at radius 1 is 0.744 bits per heavy atom. The number of nitrogens with two attached hydrogens (primary N) is 1. The summed E-state index contributed by atoms with van der Waals surface area (Å²) in [6.07, 6.45) is 7.50. The smallest absolute Gasteiger partial charge is 0.312 e. The van der Waals surface area contributed by atoms with E-state index in [0.717, 1.165) is 56.1 Å². The van der Waals surface area contributed by atoms with Crippen LogP contribution in [0, 0.1) is 17.8 Å². The van der Waals surface area contributed by atoms with Crippen LogP contribution in [0.25, 0.3) is 0 Å². The van der Waals surface area contributed by atoms with Crippen LogP contribution in [0.5, 0.6) is 0 Å². The maximum atomic E-state index is 14.6. The van der Waals surface area contributed by atoms with E-state index >= 15 is 0 Å². The number of hydrogen-bond acceptors (Lipinski definition) is 18. The van der Waals surface area contributed by atoms with Crippen LogP contribution in [-0.2, 0) is 71.4 Å². The largest absolute Gasteiger partial charge is 0.391 e. The first-order valence-corrected chi connectivity index (χ1v) is 33.8. The monoisotopic (exact) mass is 1260 g/mol. The Morgan fingerprint density at radius 2 is 1.46 bits per heavy atom. The molecule has 11 fully saturated rings. The number of primary amides is 1. The highest BCUT2D eigenvalue weighted by molar-refractivity contribution is 6.12. The number of amides is 7. The first-order valence-electron chi connectivity index (χ1n) is 33.8. The molecule has 0 aromatic heterocycles. The number of aliphatic hydroxyl groups is 1. The van der Waals surface area contributed by atoms with Gasteiger partial charge in [0.2, 0.25) is 17.7 Å². The van der Waals surface area contributed by atoms with Gasteiger partial charge in [0.15, 0.2) is 5.79 Å². The summed E-state index contributed by atoms with van der Waals surface area (Å²) in [5.74, 6) is -2.74. The first kappa shape index (κ1) is 66.7. The SMILES string of the molecule is C=C1C[C@@H]2CC[C@@]34C[C@H]5OC6C(O[C@H]7CC[C@H](CC(=O)C[C@@H]8[C@@H](OC)[C@@H](C[C@H](O)CNC(=O)[C@H](CCCNC(N)=O)NC(=O)[C@H](C(C)C)N9CCN(C(=O)CCCCCCN%10C(=O)C=CC%10=O)CC9)O[C@H]8C[C@H]8O[C@@H](CC[C@@H]1O2)C[C@@H](C)C8=C)O[C@@H]7[C@@H]6O3)[C@H]5O4. The topological polar surface area (TPSA) is 295 Å². The van der Waals surface area contributed by atoms with Gasteiger partial charge in [0, 0.05) is 116 Å². The van der Waals surface area contributed by atoms with Gasteiger partial charge in [0.25, 0.3) is 11.8 Å². The summed E-state index contributed by atoms with van der Waals surface area (Å²) < 4.78 is 61.1. The molecule has 24 nitrogen and oxygen atoms in total. The van der Waals surface area contributed by atoms with E-state index in [1.807, 2.05) is 23.6 Å². The van der Waals surface area contributed by atoms with Gasteiger partial charge in [0.05, 0.1) is 73.2 Å². The van der Waals surface area contributed by atoms with Crippen LogP contribution in [-0.4, -0.2) is 230 Å². The molecule has 2 unspecified atom stereocenters. The summed E-state index contributed by atoms with van der Waals surface area (Å²) in [7, 11) is 1.59. The number of urea groups is 1. The van der Waals surface area contributed by atoms with Gasteiger partial charge in [-0.05, 0) is 93.6 Å². The lowest BCUT2D eigenvalue weighted by Crippen LogP contribution is -2.61. The third-order valence-corrected chi connectivity index (χ3v) is 21.2. The summed E-state index contributed by atoms with van der Waals surface area (Å²) in [4.78, 5) is 96.9. The maximum absolute atomic E-state index is 14.6. The van der Waals surface area contributed by atoms with Gasteiger partial charge in [-0.15, -0.1) is 0 Å². The van der Waals surface area contributed by atoms with Crippen molar-refractivity contribution in [1.29, 1.82) is 0 Å². The van der Waals surface area contributed by atoms with Crippen molar-refractivity contribution >= 4 is 41.4 Å². The number of piperazine rings is 1. The highest BCUT2D eigenvalue weighted by Crippen LogP contribution is 2.54. The Hall–Kier alpha value is -4.73. The van der Waals surface area contributed by atoms with E-state index in [1.165, 1.54) is 17.1 Å². The Balaban J connectivity index is 0.720. The minimum atomic E-state index is -1.13. The quantitative estimate of drug-likeness (QED) is 0.0623. The minimum absolute atomic E-state index is 0.00487. The molecule has 1 spiro atoms. The Bertz CT molecular complexity index is 2650. The zero-order chi connectivity index (χ0) is 63.5. The molecule has 0 aromatic carbocycles. The second kappa shape index (κ2) is 29.3. The lowest BCUT2D eigenvalue weighted by Gasteiger charge is -2.47. The van der Waals surface area contributed by atoms with Gasteiger partial charge in [0.1, 0.15) is 42.3 Å². The van der Waals surface area contributed by atoms with Gasteiger partial charge < -0.3 is 74.3 Å². The van der Waals surface area contributed by atoms with Crippen LogP contribution >= 0.6 is 0 Å². The van der Waals surface area contributed by atoms with E-state index in [1.54, 1.807) is 7.11 Å². The highest BCUT2D eigenvalue weighted by atomic mass is 16.8. The lowest BCUT2D eigenvalue weighted by molar-refractivity contribution is -0.292. The van der Waals surface area contributed by atoms with E-state index in [2.05, 4.69) is 36.0 Å². The van der Waals surface area contributed by atoms with Crippen LogP contribution in [0.15, 0.2) is 36.5 Å². The van der Waals surface area contributed by atoms with E-state index in [9.17, 15) is 38.7 Å². The molecule has 500 valence electrons. The van der Waals surface area contributed by atoms with Crippen LogP contribution in [0.1, 0.15) is 149 Å². The molecule has 11 saturated heterocycles. The molecule has 0 aliphatic carbocycles. The zero-order valence-corrected chi connectivity index (χ0v) is 53.2. The molecule has 0 radical (unpaired) electrons. The number of aliphatic hydroxyl groups excluding tert-OH is 1. The van der Waals surface area contributed by atoms with Gasteiger partial charge in [-0.2, -0.15) is 0 Å². The molecule has 12 rings (SSSR count). The van der Waals surface area contributed by atoms with Crippen molar-refractivity contribution in [2.24, 2.45) is 23.5 Å². The minimum Gasteiger partial charge on any atom is -0.391 e. The van der Waals surface area contributed by atoms with Crippen LogP contribution in [0.3, 0.4) is 0 Å². The van der Waals surface area contributed by atoms with Crippen molar-refractivity contribution in [2.75, 3.05) is 52.9 Å². The lowest BCUT2D eigenvalue weighted by atomic mass is 9.81. The third-order valence-electron chi connectivity index (χ3n) is 21.2. The fourth-order valence-corrected chi connectivity index (χ4v) is 16.5. The molecule has 0 saturated carbocycles. The van der Waals surface area contributed by atoms with Gasteiger partial charge in [-0.1, -0.05) is 46.8 Å². The maximum Gasteiger partial charge on any atom is 0.312 e. The number of ether oxygens (including phenoxy) is 9. The number of imide groups is 1. The number of carbonyl (C=O) groups excluding carboxylic acids is 7. The normalized spacial score (nSPS) is 37.8. The molecular formula is C66H99N7O17. The number of Topliss-reactive ketones (excluding diaryl/α,β-unsaturated/α-hetero) is 1. The van der Waals surface area contributed by atoms with Crippen LogP contribution in [0.4, 0.5) is 4.79 Å². The van der Waals surface area contributed by atoms with Crippen molar-refractivity contribution in [3.63, 3.8) is 0 Å². The van der Waals surface area contributed by atoms with E-state index in [0.29, 0.717) is 90.5 Å². The number of rotatable bonds is 21. The molecule has 12 aliphatic rings. The number of methoxy groups -OCH3 is 1. The number of unbranched alkanes of at least 4 members (excludes halogenated alkanes) is 3. The number of nitrogens with zero attached hydrogens (tertiary/aromatic N) is 3. The van der Waals surface area contributed by atoms with Gasteiger partial charge in [-0.3, -0.25) is 38.6 Å². The van der Waals surface area contributed by atoms with Gasteiger partial charge in [-0.25, -0.2) is 4.79 Å². The number of carbonyl (C=O) groups is 7. The molecule has 90 heavy (non-hydrogen) atoms. The molecule has 24 heteroatoms.